The van der Waals surface area contributed by atoms with Crippen LogP contribution in [0, 0.1) is 0 Å². The fourth-order valence-corrected chi connectivity index (χ4v) is 0.663. The monoisotopic (exact) mass is 276 g/mol. The average molecular weight is 277 g/mol. The number of halogens is 2. The lowest BCUT2D eigenvalue weighted by Gasteiger charge is -2.00. The summed E-state index contributed by atoms with van der Waals surface area (Å²) in [5.41, 5.74) is -1.66. The van der Waals surface area contributed by atoms with E-state index in [2.05, 4.69) is 9.47 Å². The van der Waals surface area contributed by atoms with Crippen molar-refractivity contribution in [2.75, 3.05) is 26.4 Å². The molecule has 0 aromatic heterocycles. The Morgan fingerprint density at radius 3 is 1.38 bits per heavy atom. The highest BCUT2D eigenvalue weighted by Crippen LogP contribution is 1.96. The Morgan fingerprint density at radius 2 is 1.19 bits per heavy atom. The number of aliphatic hydroxyl groups is 2. The largest absolute Gasteiger partial charge is 0.454 e. The first-order valence-electron chi connectivity index (χ1n) is 4.40. The molecule has 0 unspecified atom stereocenters. The van der Waals surface area contributed by atoms with E-state index in [-0.39, 0.29) is 26.4 Å². The molecule has 0 aliphatic rings. The van der Waals surface area contributed by atoms with E-state index >= 15 is 0 Å². The lowest BCUT2D eigenvalue weighted by Crippen LogP contribution is -2.00. The van der Waals surface area contributed by atoms with Crippen LogP contribution in [-0.2, 0) is 9.47 Å². The lowest BCUT2D eigenvalue weighted by atomic mass is 10.3. The Bertz CT molecular complexity index is 167. The topological polar surface area (TPSA) is 93.1 Å². The second-order valence-electron chi connectivity index (χ2n) is 2.33. The number of rotatable bonds is 6. The van der Waals surface area contributed by atoms with Crippen LogP contribution in [-0.4, -0.2) is 47.5 Å². The number of hydrogen-bond acceptors (Lipinski definition) is 6. The molecule has 0 heterocycles. The molecular weight excluding hydrogens is 263 g/mol. The van der Waals surface area contributed by atoms with Gasteiger partial charge in [0.05, 0.1) is 26.4 Å². The number of unbranched alkanes of at least 4 members (excludes halogenated alkanes) is 1. The molecular formula is C8H14Cl2O6. The molecule has 0 saturated heterocycles. The van der Waals surface area contributed by atoms with E-state index in [1.165, 1.54) is 0 Å². The number of carbonyl (C=O) groups is 2. The Hall–Kier alpha value is -0.560. The number of hydrogen-bond donors (Lipinski definition) is 2. The third-order valence-electron chi connectivity index (χ3n) is 1.07. The van der Waals surface area contributed by atoms with E-state index in [1.807, 2.05) is 0 Å². The Balaban J connectivity index is 0. The van der Waals surface area contributed by atoms with Gasteiger partial charge in [0.25, 0.3) is 0 Å². The van der Waals surface area contributed by atoms with Crippen LogP contribution in [0.5, 0.6) is 0 Å². The van der Waals surface area contributed by atoms with Crippen molar-refractivity contribution in [3.8, 4) is 0 Å². The van der Waals surface area contributed by atoms with Gasteiger partial charge in [-0.15, -0.1) is 0 Å². The van der Waals surface area contributed by atoms with Crippen LogP contribution in [0.2, 0.25) is 0 Å². The minimum atomic E-state index is -0.829. The Kier molecular flexibility index (Phi) is 16.1. The lowest BCUT2D eigenvalue weighted by molar-refractivity contribution is 0.154. The van der Waals surface area contributed by atoms with Crippen molar-refractivity contribution in [2.45, 2.75) is 12.8 Å². The summed E-state index contributed by atoms with van der Waals surface area (Å²) in [6, 6.07) is 0. The summed E-state index contributed by atoms with van der Waals surface area (Å²) in [5.74, 6) is 0. The van der Waals surface area contributed by atoms with E-state index in [1.54, 1.807) is 0 Å². The molecule has 0 aliphatic heterocycles. The van der Waals surface area contributed by atoms with E-state index in [0.717, 1.165) is 0 Å². The zero-order chi connectivity index (χ0) is 12.8. The average Bonchev–Trinajstić information content (AvgIpc) is 2.23. The molecule has 16 heavy (non-hydrogen) atoms. The molecule has 0 aromatic rings. The first-order valence-corrected chi connectivity index (χ1v) is 5.16. The number of ether oxygens (including phenoxy) is 2. The summed E-state index contributed by atoms with van der Waals surface area (Å²) in [5, 5.41) is 15.2. The third-order valence-corrected chi connectivity index (χ3v) is 1.29. The zero-order valence-electron chi connectivity index (χ0n) is 8.53. The quantitative estimate of drug-likeness (QED) is 0.564. The van der Waals surface area contributed by atoms with Crippen molar-refractivity contribution in [3.05, 3.63) is 0 Å². The van der Waals surface area contributed by atoms with Gasteiger partial charge in [-0.05, 0) is 12.8 Å². The SMILES string of the molecule is O=C(Cl)OCCCCOC(=O)Cl.OCCO. The van der Waals surface area contributed by atoms with Gasteiger partial charge in [-0.1, -0.05) is 0 Å². The minimum Gasteiger partial charge on any atom is -0.454 e. The summed E-state index contributed by atoms with van der Waals surface area (Å²) in [6.45, 7) is 0.199. The van der Waals surface area contributed by atoms with Crippen LogP contribution in [0.1, 0.15) is 12.8 Å². The normalized spacial score (nSPS) is 8.75. The number of aliphatic hydroxyl groups excluding tert-OH is 2. The van der Waals surface area contributed by atoms with Gasteiger partial charge in [0.2, 0.25) is 0 Å². The highest BCUT2D eigenvalue weighted by Gasteiger charge is 1.97. The van der Waals surface area contributed by atoms with E-state index in [0.29, 0.717) is 12.8 Å². The smallest absolute Gasteiger partial charge is 0.403 e. The molecule has 0 fully saturated rings. The van der Waals surface area contributed by atoms with Gasteiger partial charge >= 0.3 is 10.9 Å². The van der Waals surface area contributed by atoms with Crippen LogP contribution in [0.3, 0.4) is 0 Å². The molecule has 0 amide bonds. The summed E-state index contributed by atoms with van der Waals surface area (Å²) >= 11 is 9.75. The van der Waals surface area contributed by atoms with Crippen molar-refractivity contribution >= 4 is 34.1 Å². The van der Waals surface area contributed by atoms with Crippen LogP contribution in [0.15, 0.2) is 0 Å². The minimum absolute atomic E-state index is 0.125. The molecule has 0 atom stereocenters. The molecule has 0 aromatic carbocycles. The van der Waals surface area contributed by atoms with Gasteiger partial charge in [-0.2, -0.15) is 0 Å². The number of carbonyl (C=O) groups excluding carboxylic acids is 2. The second-order valence-corrected chi connectivity index (χ2v) is 2.94. The van der Waals surface area contributed by atoms with Crippen LogP contribution in [0.25, 0.3) is 0 Å². The summed E-state index contributed by atoms with van der Waals surface area (Å²) in [4.78, 5) is 20.0. The first-order chi connectivity index (χ1) is 7.54. The van der Waals surface area contributed by atoms with E-state index in [4.69, 9.17) is 33.4 Å². The molecule has 0 spiro atoms. The Morgan fingerprint density at radius 1 is 0.875 bits per heavy atom. The second kappa shape index (κ2) is 14.4. The third kappa shape index (κ3) is 23.3. The maximum absolute atomic E-state index is 10.0. The fraction of sp³-hybridized carbons (Fsp3) is 0.750. The van der Waals surface area contributed by atoms with Gasteiger partial charge in [-0.3, -0.25) is 0 Å². The molecule has 6 nitrogen and oxygen atoms in total. The summed E-state index contributed by atoms with van der Waals surface area (Å²) in [6.07, 6.45) is 1.17. The summed E-state index contributed by atoms with van der Waals surface area (Å²) in [7, 11) is 0. The first kappa shape index (κ1) is 17.8. The van der Waals surface area contributed by atoms with Crippen molar-refractivity contribution in [2.24, 2.45) is 0 Å². The molecule has 8 heteroatoms. The molecule has 0 saturated carbocycles. The molecule has 0 aliphatic carbocycles. The highest BCUT2D eigenvalue weighted by atomic mass is 35.5. The molecule has 0 rings (SSSR count). The van der Waals surface area contributed by atoms with Gasteiger partial charge in [0.15, 0.2) is 0 Å². The van der Waals surface area contributed by atoms with Gasteiger partial charge in [0, 0.05) is 23.2 Å². The van der Waals surface area contributed by atoms with Gasteiger partial charge < -0.3 is 19.7 Å². The summed E-state index contributed by atoms with van der Waals surface area (Å²) < 4.78 is 8.80. The van der Waals surface area contributed by atoms with Gasteiger partial charge in [0.1, 0.15) is 0 Å². The maximum atomic E-state index is 10.0. The molecule has 2 N–H and O–H groups in total. The highest BCUT2D eigenvalue weighted by molar-refractivity contribution is 6.61. The standard InChI is InChI=1S/C6H8Cl2O4.C2H6O2/c7-5(9)11-3-1-2-4-12-6(8)10;3-1-2-4/h1-4H2;3-4H,1-2H2. The van der Waals surface area contributed by atoms with Crippen molar-refractivity contribution in [1.82, 2.24) is 0 Å². The molecule has 96 valence electrons. The molecule has 0 bridgehead atoms. The van der Waals surface area contributed by atoms with Crippen LogP contribution < -0.4 is 0 Å². The predicted octanol–water partition coefficient (Wildman–Crippen LogP) is 1.49. The Labute approximate surface area is 103 Å². The molecule has 0 radical (unpaired) electrons. The maximum Gasteiger partial charge on any atom is 0.403 e. The zero-order valence-corrected chi connectivity index (χ0v) is 10.0. The van der Waals surface area contributed by atoms with Gasteiger partial charge in [-0.25, -0.2) is 9.59 Å². The van der Waals surface area contributed by atoms with Crippen molar-refractivity contribution < 1.29 is 29.3 Å². The van der Waals surface area contributed by atoms with Crippen molar-refractivity contribution in [1.29, 1.82) is 0 Å². The fourth-order valence-electron chi connectivity index (χ4n) is 0.509. The van der Waals surface area contributed by atoms with Crippen LogP contribution >= 0.6 is 23.2 Å². The van der Waals surface area contributed by atoms with Crippen molar-refractivity contribution in [3.63, 3.8) is 0 Å². The van der Waals surface area contributed by atoms with E-state index < -0.39 is 10.9 Å². The van der Waals surface area contributed by atoms with Crippen LogP contribution in [0.4, 0.5) is 9.59 Å². The van der Waals surface area contributed by atoms with E-state index in [9.17, 15) is 9.59 Å². The predicted molar refractivity (Wildman–Crippen MR) is 57.8 cm³/mol.